The van der Waals surface area contributed by atoms with E-state index in [0.29, 0.717) is 28.6 Å². The minimum Gasteiger partial charge on any atom is -0.462 e. The number of carbonyl (C=O) groups is 2. The lowest BCUT2D eigenvalue weighted by Gasteiger charge is -2.30. The Hall–Kier alpha value is -2.58. The molecule has 31 heavy (non-hydrogen) atoms. The molecule has 0 spiro atoms. The van der Waals surface area contributed by atoms with Crippen molar-refractivity contribution in [2.24, 2.45) is 0 Å². The zero-order valence-corrected chi connectivity index (χ0v) is 19.4. The number of amides is 1. The van der Waals surface area contributed by atoms with E-state index in [1.54, 1.807) is 55.5 Å². The van der Waals surface area contributed by atoms with Gasteiger partial charge < -0.3 is 10.1 Å². The smallest absolute Gasteiger partial charge is 0.338 e. The van der Waals surface area contributed by atoms with E-state index in [4.69, 9.17) is 16.3 Å². The molecule has 0 heterocycles. The van der Waals surface area contributed by atoms with E-state index < -0.39 is 27.9 Å². The van der Waals surface area contributed by atoms with Gasteiger partial charge in [-0.1, -0.05) is 31.9 Å². The molecule has 2 rings (SSSR count). The molecule has 1 amide bonds. The van der Waals surface area contributed by atoms with Gasteiger partial charge in [-0.2, -0.15) is 0 Å². The second-order valence-electron chi connectivity index (χ2n) is 7.02. The summed E-state index contributed by atoms with van der Waals surface area (Å²) in [6, 6.07) is 11.5. The fraction of sp³-hybridized carbons (Fsp3) is 0.364. The predicted octanol–water partition coefficient (Wildman–Crippen LogP) is 4.48. The highest BCUT2D eigenvalue weighted by Crippen LogP contribution is 2.25. The van der Waals surface area contributed by atoms with Gasteiger partial charge in [0.1, 0.15) is 6.04 Å². The number of hydrogen-bond donors (Lipinski definition) is 1. The van der Waals surface area contributed by atoms with Crippen molar-refractivity contribution in [2.75, 3.05) is 22.5 Å². The van der Waals surface area contributed by atoms with E-state index in [1.165, 1.54) is 0 Å². The molecule has 0 aromatic heterocycles. The molecule has 0 bridgehead atoms. The molecule has 0 aliphatic heterocycles. The van der Waals surface area contributed by atoms with Crippen LogP contribution in [0, 0.1) is 0 Å². The number of esters is 1. The average Bonchev–Trinajstić information content (AvgIpc) is 2.72. The van der Waals surface area contributed by atoms with Crippen LogP contribution in [-0.2, 0) is 19.6 Å². The van der Waals surface area contributed by atoms with Crippen LogP contribution in [0.5, 0.6) is 0 Å². The van der Waals surface area contributed by atoms with Gasteiger partial charge in [-0.25, -0.2) is 13.2 Å². The summed E-state index contributed by atoms with van der Waals surface area (Å²) < 4.78 is 31.2. The lowest BCUT2D eigenvalue weighted by atomic mass is 10.1. The molecule has 0 fully saturated rings. The number of unbranched alkanes of at least 4 members (excludes halogenated alkanes) is 1. The molecule has 0 saturated heterocycles. The van der Waals surface area contributed by atoms with Crippen molar-refractivity contribution in [3.63, 3.8) is 0 Å². The van der Waals surface area contributed by atoms with Crippen molar-refractivity contribution in [1.29, 1.82) is 0 Å². The molecule has 0 aliphatic carbocycles. The van der Waals surface area contributed by atoms with Crippen LogP contribution in [0.15, 0.2) is 48.5 Å². The summed E-state index contributed by atoms with van der Waals surface area (Å²) in [5.41, 5.74) is 1.16. The molecule has 2 aromatic carbocycles. The number of benzene rings is 2. The predicted molar refractivity (Wildman–Crippen MR) is 123 cm³/mol. The second kappa shape index (κ2) is 11.2. The Bertz CT molecular complexity index is 992. The van der Waals surface area contributed by atoms with E-state index in [-0.39, 0.29) is 6.42 Å². The molecule has 1 atom stereocenters. The van der Waals surface area contributed by atoms with Gasteiger partial charge in [0.05, 0.1) is 24.1 Å². The van der Waals surface area contributed by atoms with Crippen molar-refractivity contribution < 1.29 is 22.7 Å². The van der Waals surface area contributed by atoms with Crippen LogP contribution in [0.2, 0.25) is 5.02 Å². The van der Waals surface area contributed by atoms with Gasteiger partial charge in [-0.15, -0.1) is 0 Å². The van der Waals surface area contributed by atoms with Crippen LogP contribution in [-0.4, -0.2) is 39.2 Å². The summed E-state index contributed by atoms with van der Waals surface area (Å²) >= 11 is 5.90. The van der Waals surface area contributed by atoms with Crippen molar-refractivity contribution in [3.8, 4) is 0 Å². The van der Waals surface area contributed by atoms with Crippen LogP contribution in [0.25, 0.3) is 0 Å². The summed E-state index contributed by atoms with van der Waals surface area (Å²) in [7, 11) is -3.74. The molecule has 0 radical (unpaired) electrons. The first-order valence-electron chi connectivity index (χ1n) is 10.00. The normalized spacial score (nSPS) is 12.1. The van der Waals surface area contributed by atoms with Crippen molar-refractivity contribution >= 4 is 44.9 Å². The number of carbonyl (C=O) groups excluding carboxylic acids is 2. The quantitative estimate of drug-likeness (QED) is 0.411. The fourth-order valence-electron chi connectivity index (χ4n) is 2.96. The molecular formula is C22H27ClN2O5S. The van der Waals surface area contributed by atoms with E-state index in [2.05, 4.69) is 5.32 Å². The lowest BCUT2D eigenvalue weighted by molar-refractivity contribution is -0.117. The first-order chi connectivity index (χ1) is 14.7. The van der Waals surface area contributed by atoms with Crippen molar-refractivity contribution in [1.82, 2.24) is 0 Å². The zero-order valence-electron chi connectivity index (χ0n) is 17.8. The number of rotatable bonds is 10. The lowest BCUT2D eigenvalue weighted by Crippen LogP contribution is -2.47. The number of ether oxygens (including phenoxy) is 1. The topological polar surface area (TPSA) is 92.8 Å². The van der Waals surface area contributed by atoms with Gasteiger partial charge in [0, 0.05) is 10.7 Å². The van der Waals surface area contributed by atoms with Crippen LogP contribution >= 0.6 is 11.6 Å². The summed E-state index contributed by atoms with van der Waals surface area (Å²) in [6.45, 7) is 4.10. The summed E-state index contributed by atoms with van der Waals surface area (Å²) in [6.07, 6.45) is 3.03. The number of nitrogens with zero attached hydrogens (tertiary/aromatic N) is 1. The third-order valence-corrected chi connectivity index (χ3v) is 5.96. The largest absolute Gasteiger partial charge is 0.462 e. The number of nitrogens with one attached hydrogen (secondary N) is 1. The first-order valence-corrected chi connectivity index (χ1v) is 12.2. The molecule has 1 N–H and O–H groups in total. The van der Waals surface area contributed by atoms with Gasteiger partial charge in [-0.3, -0.25) is 9.10 Å². The maximum absolute atomic E-state index is 12.9. The number of halogens is 1. The summed E-state index contributed by atoms with van der Waals surface area (Å²) in [5, 5.41) is 3.18. The fourth-order valence-corrected chi connectivity index (χ4v) is 4.29. The molecule has 9 heteroatoms. The Morgan fingerprint density at radius 2 is 1.68 bits per heavy atom. The van der Waals surface area contributed by atoms with Gasteiger partial charge in [0.25, 0.3) is 0 Å². The highest BCUT2D eigenvalue weighted by atomic mass is 35.5. The Labute approximate surface area is 188 Å². The summed E-state index contributed by atoms with van der Waals surface area (Å²) in [5.74, 6) is -0.912. The van der Waals surface area contributed by atoms with E-state index in [0.717, 1.165) is 23.4 Å². The van der Waals surface area contributed by atoms with Crippen molar-refractivity contribution in [2.45, 2.75) is 39.2 Å². The van der Waals surface area contributed by atoms with E-state index in [9.17, 15) is 18.0 Å². The van der Waals surface area contributed by atoms with Crippen LogP contribution in [0.3, 0.4) is 0 Å². The molecule has 7 nitrogen and oxygen atoms in total. The third kappa shape index (κ3) is 6.97. The molecule has 0 unspecified atom stereocenters. The maximum atomic E-state index is 12.9. The maximum Gasteiger partial charge on any atom is 0.338 e. The SMILES string of the molecule is CCCCOC(=O)c1ccc(NC(=O)[C@H](CC)N(c2ccc(Cl)cc2)S(C)(=O)=O)cc1. The first kappa shape index (κ1) is 24.7. The zero-order chi connectivity index (χ0) is 23.0. The Morgan fingerprint density at radius 1 is 1.06 bits per heavy atom. The molecule has 168 valence electrons. The minimum absolute atomic E-state index is 0.253. The van der Waals surface area contributed by atoms with Crippen LogP contribution in [0.1, 0.15) is 43.5 Å². The minimum atomic E-state index is -3.74. The van der Waals surface area contributed by atoms with Gasteiger partial charge in [0.2, 0.25) is 15.9 Å². The molecule has 0 aliphatic rings. The van der Waals surface area contributed by atoms with E-state index in [1.807, 2.05) is 6.92 Å². The van der Waals surface area contributed by atoms with Crippen LogP contribution < -0.4 is 9.62 Å². The number of anilines is 2. The van der Waals surface area contributed by atoms with Gasteiger partial charge in [-0.05, 0) is 61.4 Å². The highest BCUT2D eigenvalue weighted by Gasteiger charge is 2.31. The standard InChI is InChI=1S/C22H27ClN2O5S/c1-4-6-15-30-22(27)16-7-11-18(12-8-16)24-21(26)20(5-2)25(31(3,28)29)19-13-9-17(23)10-14-19/h7-14,20H,4-6,15H2,1-3H3,(H,24,26)/t20-/m0/s1. The Balaban J connectivity index is 2.17. The monoisotopic (exact) mass is 466 g/mol. The van der Waals surface area contributed by atoms with Gasteiger partial charge in [0.15, 0.2) is 0 Å². The molecule has 0 saturated carbocycles. The average molecular weight is 467 g/mol. The second-order valence-corrected chi connectivity index (χ2v) is 9.31. The van der Waals surface area contributed by atoms with Gasteiger partial charge >= 0.3 is 5.97 Å². The number of hydrogen-bond acceptors (Lipinski definition) is 5. The Morgan fingerprint density at radius 3 is 2.19 bits per heavy atom. The Kier molecular flexibility index (Phi) is 8.88. The van der Waals surface area contributed by atoms with Crippen molar-refractivity contribution in [3.05, 3.63) is 59.1 Å². The van der Waals surface area contributed by atoms with Crippen LogP contribution in [0.4, 0.5) is 11.4 Å². The number of sulfonamides is 1. The third-order valence-electron chi connectivity index (χ3n) is 4.53. The van der Waals surface area contributed by atoms with E-state index >= 15 is 0 Å². The highest BCUT2D eigenvalue weighted by molar-refractivity contribution is 7.92. The summed E-state index contributed by atoms with van der Waals surface area (Å²) in [4.78, 5) is 24.9. The molecule has 2 aromatic rings. The molecular weight excluding hydrogens is 440 g/mol.